The second-order valence-electron chi connectivity index (χ2n) is 8.14. The van der Waals surface area contributed by atoms with E-state index in [1.807, 2.05) is 24.3 Å². The topological polar surface area (TPSA) is 120 Å². The number of nitrogens with one attached hydrogen (secondary N) is 1. The highest BCUT2D eigenvalue weighted by Gasteiger charge is 2.47. The summed E-state index contributed by atoms with van der Waals surface area (Å²) in [6.45, 7) is 0. The molecule has 3 aromatic carbocycles. The van der Waals surface area contributed by atoms with Crippen LogP contribution >= 0.6 is 23.2 Å². The molecule has 5 rings (SSSR count). The summed E-state index contributed by atoms with van der Waals surface area (Å²) in [5, 5.41) is -0.0166. The molecule has 0 spiro atoms. The molecule has 4 aromatic rings. The van der Waals surface area contributed by atoms with E-state index in [0.717, 1.165) is 17.2 Å². The van der Waals surface area contributed by atoms with Crippen molar-refractivity contribution in [3.63, 3.8) is 0 Å². The molecule has 1 fully saturated rings. The van der Waals surface area contributed by atoms with Crippen LogP contribution in [0.3, 0.4) is 0 Å². The van der Waals surface area contributed by atoms with Gasteiger partial charge in [-0.2, -0.15) is 8.42 Å². The van der Waals surface area contributed by atoms with Crippen molar-refractivity contribution in [2.45, 2.75) is 16.3 Å². The summed E-state index contributed by atoms with van der Waals surface area (Å²) < 4.78 is 31.8. The molecule has 1 aromatic heterocycles. The van der Waals surface area contributed by atoms with Gasteiger partial charge >= 0.3 is 0 Å². The monoisotopic (exact) mass is 541 g/mol. The van der Waals surface area contributed by atoms with E-state index in [4.69, 9.17) is 23.2 Å². The minimum absolute atomic E-state index is 0.0404. The third kappa shape index (κ3) is 4.54. The Kier molecular flexibility index (Phi) is 6.17. The summed E-state index contributed by atoms with van der Waals surface area (Å²) in [5.41, 5.74) is 2.11. The average Bonchev–Trinajstić information content (AvgIpc) is 2.86. The van der Waals surface area contributed by atoms with Crippen LogP contribution in [0, 0.1) is 0 Å². The van der Waals surface area contributed by atoms with Gasteiger partial charge in [-0.1, -0.05) is 41.9 Å². The van der Waals surface area contributed by atoms with Gasteiger partial charge in [0.2, 0.25) is 5.91 Å². The zero-order valence-corrected chi connectivity index (χ0v) is 20.6. The van der Waals surface area contributed by atoms with E-state index >= 15 is 0 Å². The molecule has 8 nitrogen and oxygen atoms in total. The minimum atomic E-state index is -4.43. The first kappa shape index (κ1) is 24.2. The number of β-lactam (4-membered cyclic amide) rings is 1. The largest absolute Gasteiger partial charge is 0.306 e. The molecule has 182 valence electrons. The van der Waals surface area contributed by atoms with E-state index in [-0.39, 0.29) is 33.6 Å². The molecular formula is C25H17Cl2N3O5S. The molecule has 2 N–H and O–H groups in total. The third-order valence-electron chi connectivity index (χ3n) is 5.84. The number of nitrogens with zero attached hydrogens (tertiary/aromatic N) is 2. The van der Waals surface area contributed by atoms with Crippen LogP contribution in [0.5, 0.6) is 0 Å². The van der Waals surface area contributed by atoms with Crippen LogP contribution in [0.1, 0.15) is 23.0 Å². The standard InChI is InChI=1S/C25H17Cl2N3O5S/c26-16-6-4-15(5-7-16)23-22(27)25(32)30(23)17-8-1-14(2-9-17)3-12-21-28-20-11-10-18(36(33,34)35)13-19(20)24(31)29-21/h1-13,22-23H,(H,28,29,31)(H,33,34,35)/b12-3+. The maximum Gasteiger partial charge on any atom is 0.294 e. The maximum atomic E-state index is 12.5. The Labute approximate surface area is 215 Å². The Balaban J connectivity index is 1.37. The minimum Gasteiger partial charge on any atom is -0.306 e. The van der Waals surface area contributed by atoms with Gasteiger partial charge in [0.05, 0.1) is 21.8 Å². The predicted molar refractivity (Wildman–Crippen MR) is 139 cm³/mol. The van der Waals surface area contributed by atoms with Crippen molar-refractivity contribution in [2.24, 2.45) is 0 Å². The summed E-state index contributed by atoms with van der Waals surface area (Å²) in [6, 6.07) is 17.7. The SMILES string of the molecule is O=C1C(Cl)C(c2ccc(Cl)cc2)N1c1ccc(/C=C/c2nc3ccc(S(=O)(=O)O)cc3c(=O)[nH]2)cc1. The summed E-state index contributed by atoms with van der Waals surface area (Å²) in [4.78, 5) is 33.0. The van der Waals surface area contributed by atoms with Gasteiger partial charge < -0.3 is 9.88 Å². The molecule has 0 saturated carbocycles. The Morgan fingerprint density at radius 2 is 1.67 bits per heavy atom. The lowest BCUT2D eigenvalue weighted by Gasteiger charge is -2.44. The molecule has 1 aliphatic heterocycles. The van der Waals surface area contributed by atoms with Gasteiger partial charge in [0, 0.05) is 10.7 Å². The van der Waals surface area contributed by atoms with Crippen LogP contribution in [-0.2, 0) is 14.9 Å². The van der Waals surface area contributed by atoms with Gasteiger partial charge in [-0.15, -0.1) is 11.6 Å². The van der Waals surface area contributed by atoms with Crippen molar-refractivity contribution in [2.75, 3.05) is 4.90 Å². The number of alkyl halides is 1. The number of anilines is 1. The van der Waals surface area contributed by atoms with Crippen molar-refractivity contribution in [1.29, 1.82) is 0 Å². The molecule has 2 atom stereocenters. The summed E-state index contributed by atoms with van der Waals surface area (Å²) in [6.07, 6.45) is 3.34. The number of carbonyl (C=O) groups is 1. The zero-order chi connectivity index (χ0) is 25.6. The average molecular weight is 542 g/mol. The number of rotatable bonds is 5. The summed E-state index contributed by atoms with van der Waals surface area (Å²) >= 11 is 12.3. The van der Waals surface area contributed by atoms with E-state index < -0.39 is 21.1 Å². The predicted octanol–water partition coefficient (Wildman–Crippen LogP) is 4.69. The fraction of sp³-hybridized carbons (Fsp3) is 0.0800. The third-order valence-corrected chi connectivity index (χ3v) is 7.37. The highest BCUT2D eigenvalue weighted by Crippen LogP contribution is 2.42. The van der Waals surface area contributed by atoms with Crippen LogP contribution in [0.4, 0.5) is 5.69 Å². The second kappa shape index (κ2) is 9.18. The molecule has 0 radical (unpaired) electrons. The lowest BCUT2D eigenvalue weighted by molar-refractivity contribution is -0.123. The number of carbonyl (C=O) groups excluding carboxylic acids is 1. The number of halogens is 2. The smallest absolute Gasteiger partial charge is 0.294 e. The van der Waals surface area contributed by atoms with Gasteiger partial charge in [0.1, 0.15) is 11.2 Å². The first-order valence-corrected chi connectivity index (χ1v) is 12.9. The fourth-order valence-corrected chi connectivity index (χ4v) is 5.01. The quantitative estimate of drug-likeness (QED) is 0.215. The zero-order valence-electron chi connectivity index (χ0n) is 18.3. The highest BCUT2D eigenvalue weighted by atomic mass is 35.5. The molecule has 0 bridgehead atoms. The fourth-order valence-electron chi connectivity index (χ4n) is 4.02. The highest BCUT2D eigenvalue weighted by molar-refractivity contribution is 7.85. The summed E-state index contributed by atoms with van der Waals surface area (Å²) in [7, 11) is -4.43. The number of aromatic amines is 1. The number of H-pyrrole nitrogens is 1. The lowest BCUT2D eigenvalue weighted by Crippen LogP contribution is -2.56. The first-order chi connectivity index (χ1) is 17.1. The maximum absolute atomic E-state index is 12.5. The number of aromatic nitrogens is 2. The lowest BCUT2D eigenvalue weighted by atomic mass is 9.92. The van der Waals surface area contributed by atoms with Crippen molar-refractivity contribution < 1.29 is 17.8 Å². The van der Waals surface area contributed by atoms with Gasteiger partial charge in [0.25, 0.3) is 15.7 Å². The molecule has 2 heterocycles. The van der Waals surface area contributed by atoms with E-state index in [0.29, 0.717) is 10.7 Å². The molecule has 1 aliphatic rings. The molecule has 2 unspecified atom stereocenters. The number of benzene rings is 3. The van der Waals surface area contributed by atoms with E-state index in [2.05, 4.69) is 9.97 Å². The van der Waals surface area contributed by atoms with Gasteiger partial charge in [-0.05, 0) is 59.7 Å². The molecule has 1 amide bonds. The van der Waals surface area contributed by atoms with Crippen LogP contribution < -0.4 is 10.5 Å². The van der Waals surface area contributed by atoms with Gasteiger partial charge in [-0.3, -0.25) is 14.1 Å². The Hall–Kier alpha value is -3.50. The van der Waals surface area contributed by atoms with Crippen LogP contribution in [0.2, 0.25) is 5.02 Å². The number of hydrogen-bond donors (Lipinski definition) is 2. The Morgan fingerprint density at radius 3 is 2.33 bits per heavy atom. The van der Waals surface area contributed by atoms with Crippen molar-refractivity contribution in [1.82, 2.24) is 9.97 Å². The van der Waals surface area contributed by atoms with E-state index in [9.17, 15) is 22.6 Å². The van der Waals surface area contributed by atoms with Crippen molar-refractivity contribution in [3.8, 4) is 0 Å². The Bertz CT molecular complexity index is 1680. The van der Waals surface area contributed by atoms with Crippen LogP contribution in [0.15, 0.2) is 76.4 Å². The van der Waals surface area contributed by atoms with Gasteiger partial charge in [-0.25, -0.2) is 4.98 Å². The van der Waals surface area contributed by atoms with Gasteiger partial charge in [0.15, 0.2) is 0 Å². The Morgan fingerprint density at radius 1 is 0.972 bits per heavy atom. The van der Waals surface area contributed by atoms with Crippen LogP contribution in [0.25, 0.3) is 23.1 Å². The van der Waals surface area contributed by atoms with Crippen LogP contribution in [-0.4, -0.2) is 34.2 Å². The number of amides is 1. The summed E-state index contributed by atoms with van der Waals surface area (Å²) in [5.74, 6) is 0.0805. The molecule has 0 aliphatic carbocycles. The number of hydrogen-bond acceptors (Lipinski definition) is 5. The molecule has 36 heavy (non-hydrogen) atoms. The first-order valence-electron chi connectivity index (χ1n) is 10.6. The van der Waals surface area contributed by atoms with E-state index in [1.165, 1.54) is 12.1 Å². The van der Waals surface area contributed by atoms with E-state index in [1.54, 1.807) is 41.3 Å². The number of fused-ring (bicyclic) bond motifs is 1. The second-order valence-corrected chi connectivity index (χ2v) is 10.5. The molecular weight excluding hydrogens is 525 g/mol. The van der Waals surface area contributed by atoms with Crippen molar-refractivity contribution >= 4 is 68.0 Å². The molecule has 11 heteroatoms. The van der Waals surface area contributed by atoms with Crippen molar-refractivity contribution in [3.05, 3.63) is 99.1 Å². The molecule has 1 saturated heterocycles. The normalized spacial score (nSPS) is 18.1.